The van der Waals surface area contributed by atoms with Crippen LogP contribution in [0.25, 0.3) is 0 Å². The van der Waals surface area contributed by atoms with Gasteiger partial charge in [-0.25, -0.2) is 0 Å². The van der Waals surface area contributed by atoms with E-state index in [0.717, 1.165) is 32.5 Å². The highest BCUT2D eigenvalue weighted by atomic mass is 16.2. The average molecular weight is 278 g/mol. The van der Waals surface area contributed by atoms with E-state index in [1.807, 2.05) is 13.8 Å². The Morgan fingerprint density at radius 3 is 2.35 bits per heavy atom. The van der Waals surface area contributed by atoms with Crippen LogP contribution in [0.4, 0.5) is 0 Å². The van der Waals surface area contributed by atoms with Gasteiger partial charge >= 0.3 is 0 Å². The van der Waals surface area contributed by atoms with Crippen LogP contribution in [0.3, 0.4) is 0 Å². The summed E-state index contributed by atoms with van der Waals surface area (Å²) in [4.78, 5) is 24.4. The van der Waals surface area contributed by atoms with Gasteiger partial charge in [-0.1, -0.05) is 20.4 Å². The van der Waals surface area contributed by atoms with Crippen LogP contribution in [0.2, 0.25) is 0 Å². The quantitative estimate of drug-likeness (QED) is 0.768. The minimum Gasteiger partial charge on any atom is -0.388 e. The molecule has 0 amide bonds. The van der Waals surface area contributed by atoms with Crippen molar-refractivity contribution in [3.63, 3.8) is 0 Å². The summed E-state index contributed by atoms with van der Waals surface area (Å²) in [5.74, 6) is 0.0334. The van der Waals surface area contributed by atoms with E-state index in [9.17, 15) is 9.59 Å². The van der Waals surface area contributed by atoms with Crippen molar-refractivity contribution in [3.8, 4) is 0 Å². The fourth-order valence-corrected chi connectivity index (χ4v) is 3.24. The molecule has 2 N–H and O–H groups in total. The van der Waals surface area contributed by atoms with Crippen molar-refractivity contribution in [2.24, 2.45) is 17.3 Å². The maximum Gasteiger partial charge on any atom is 0.149 e. The molecule has 0 aromatic carbocycles. The van der Waals surface area contributed by atoms with Crippen molar-refractivity contribution in [2.45, 2.75) is 39.5 Å². The molecule has 2 aliphatic rings. The molecule has 112 valence electrons. The Balaban J connectivity index is 1.88. The van der Waals surface area contributed by atoms with E-state index in [0.29, 0.717) is 24.5 Å². The number of allylic oxidation sites excluding steroid dienone is 1. The summed E-state index contributed by atoms with van der Waals surface area (Å²) >= 11 is 0. The zero-order chi connectivity index (χ0) is 14.8. The van der Waals surface area contributed by atoms with Crippen LogP contribution in [0.5, 0.6) is 0 Å². The molecule has 2 fully saturated rings. The summed E-state index contributed by atoms with van der Waals surface area (Å²) in [5, 5.41) is 6.58. The number of hydrogen-bond acceptors (Lipinski definition) is 4. The molecule has 0 aromatic heterocycles. The Morgan fingerprint density at radius 2 is 1.80 bits per heavy atom. The van der Waals surface area contributed by atoms with Crippen molar-refractivity contribution < 1.29 is 9.59 Å². The van der Waals surface area contributed by atoms with Crippen LogP contribution in [-0.4, -0.2) is 31.2 Å². The van der Waals surface area contributed by atoms with Gasteiger partial charge in [-0.15, -0.1) is 0 Å². The van der Waals surface area contributed by atoms with E-state index < -0.39 is 5.92 Å². The SMILES string of the molecule is C=C(NCC1CCNCC1)C1C(=O)CC(C)(C)CC1=O. The number of Topliss-reactive ketones (excluding diaryl/α,β-unsaturated/α-hetero) is 2. The Hall–Kier alpha value is -1.16. The minimum absolute atomic E-state index is 0.0223. The van der Waals surface area contributed by atoms with E-state index in [4.69, 9.17) is 0 Å². The normalized spacial score (nSPS) is 24.7. The molecule has 0 radical (unpaired) electrons. The van der Waals surface area contributed by atoms with Crippen LogP contribution in [0.1, 0.15) is 39.5 Å². The smallest absolute Gasteiger partial charge is 0.149 e. The maximum absolute atomic E-state index is 12.2. The molecule has 0 aromatic rings. The molecule has 1 aliphatic heterocycles. The first kappa shape index (κ1) is 15.2. The van der Waals surface area contributed by atoms with Crippen LogP contribution < -0.4 is 10.6 Å². The third kappa shape index (κ3) is 3.69. The highest BCUT2D eigenvalue weighted by Gasteiger charge is 2.40. The lowest BCUT2D eigenvalue weighted by Crippen LogP contribution is -2.42. The highest BCUT2D eigenvalue weighted by molar-refractivity contribution is 6.07. The number of hydrogen-bond donors (Lipinski definition) is 2. The zero-order valence-corrected chi connectivity index (χ0v) is 12.6. The molecule has 1 heterocycles. The molecule has 1 saturated heterocycles. The van der Waals surface area contributed by atoms with Gasteiger partial charge in [0.1, 0.15) is 17.5 Å². The summed E-state index contributed by atoms with van der Waals surface area (Å²) in [6, 6.07) is 0. The lowest BCUT2D eigenvalue weighted by Gasteiger charge is -2.33. The largest absolute Gasteiger partial charge is 0.388 e. The predicted molar refractivity (Wildman–Crippen MR) is 79.3 cm³/mol. The van der Waals surface area contributed by atoms with Gasteiger partial charge in [0.2, 0.25) is 0 Å². The number of nitrogens with one attached hydrogen (secondary N) is 2. The predicted octanol–water partition coefficient (Wildman–Crippen LogP) is 1.66. The molecular formula is C16H26N2O2. The summed E-state index contributed by atoms with van der Waals surface area (Å²) in [6.45, 7) is 10.8. The first-order chi connectivity index (χ1) is 9.39. The summed E-state index contributed by atoms with van der Waals surface area (Å²) < 4.78 is 0. The first-order valence-electron chi connectivity index (χ1n) is 7.58. The Morgan fingerprint density at radius 1 is 1.25 bits per heavy atom. The van der Waals surface area contributed by atoms with Gasteiger partial charge in [0.25, 0.3) is 0 Å². The molecule has 0 atom stereocenters. The van der Waals surface area contributed by atoms with Crippen molar-refractivity contribution in [1.29, 1.82) is 0 Å². The van der Waals surface area contributed by atoms with Crippen LogP contribution in [-0.2, 0) is 9.59 Å². The molecule has 0 bridgehead atoms. The standard InChI is InChI=1S/C16H26N2O2/c1-11(18-10-12-4-6-17-7-5-12)15-13(19)8-16(2,3)9-14(15)20/h12,15,17-18H,1,4-10H2,2-3H3. The van der Waals surface area contributed by atoms with Crippen molar-refractivity contribution in [2.75, 3.05) is 19.6 Å². The van der Waals surface area contributed by atoms with Gasteiger partial charge in [-0.2, -0.15) is 0 Å². The van der Waals surface area contributed by atoms with Gasteiger partial charge in [0.15, 0.2) is 0 Å². The Labute approximate surface area is 121 Å². The number of carbonyl (C=O) groups is 2. The van der Waals surface area contributed by atoms with Crippen molar-refractivity contribution >= 4 is 11.6 Å². The fraction of sp³-hybridized carbons (Fsp3) is 0.750. The highest BCUT2D eigenvalue weighted by Crippen LogP contribution is 2.35. The lowest BCUT2D eigenvalue weighted by molar-refractivity contribution is -0.137. The molecular weight excluding hydrogens is 252 g/mol. The Bertz CT molecular complexity index is 389. The van der Waals surface area contributed by atoms with E-state index in [1.165, 1.54) is 0 Å². The van der Waals surface area contributed by atoms with Crippen LogP contribution in [0.15, 0.2) is 12.3 Å². The van der Waals surface area contributed by atoms with Crippen molar-refractivity contribution in [3.05, 3.63) is 12.3 Å². The Kier molecular flexibility index (Phi) is 4.63. The summed E-state index contributed by atoms with van der Waals surface area (Å²) in [7, 11) is 0. The molecule has 1 aliphatic carbocycles. The lowest BCUT2D eigenvalue weighted by atomic mass is 9.71. The number of piperidine rings is 1. The van der Waals surface area contributed by atoms with Gasteiger partial charge in [-0.05, 0) is 37.3 Å². The van der Waals surface area contributed by atoms with Crippen LogP contribution >= 0.6 is 0 Å². The molecule has 0 spiro atoms. The number of ketones is 2. The van der Waals surface area contributed by atoms with Crippen molar-refractivity contribution in [1.82, 2.24) is 10.6 Å². The summed E-state index contributed by atoms with van der Waals surface area (Å²) in [6.07, 6.45) is 3.22. The maximum atomic E-state index is 12.2. The monoisotopic (exact) mass is 278 g/mol. The first-order valence-corrected chi connectivity index (χ1v) is 7.58. The van der Waals surface area contributed by atoms with Gasteiger partial charge in [-0.3, -0.25) is 9.59 Å². The van der Waals surface area contributed by atoms with Gasteiger partial charge in [0.05, 0.1) is 0 Å². The van der Waals surface area contributed by atoms with E-state index in [2.05, 4.69) is 17.2 Å². The molecule has 0 unspecified atom stereocenters. The summed E-state index contributed by atoms with van der Waals surface area (Å²) in [5.41, 5.74) is 0.411. The third-order valence-corrected chi connectivity index (χ3v) is 4.37. The molecule has 4 heteroatoms. The molecule has 20 heavy (non-hydrogen) atoms. The zero-order valence-electron chi connectivity index (χ0n) is 12.6. The molecule has 4 nitrogen and oxygen atoms in total. The van der Waals surface area contributed by atoms with E-state index in [1.54, 1.807) is 0 Å². The average Bonchev–Trinajstić information content (AvgIpc) is 2.35. The van der Waals surface area contributed by atoms with Gasteiger partial charge in [0, 0.05) is 25.1 Å². The minimum atomic E-state index is -0.621. The van der Waals surface area contributed by atoms with Gasteiger partial charge < -0.3 is 10.6 Å². The molecule has 1 saturated carbocycles. The fourth-order valence-electron chi connectivity index (χ4n) is 3.24. The second kappa shape index (κ2) is 6.08. The third-order valence-electron chi connectivity index (χ3n) is 4.37. The van der Waals surface area contributed by atoms with E-state index in [-0.39, 0.29) is 17.0 Å². The second-order valence-corrected chi connectivity index (χ2v) is 6.98. The van der Waals surface area contributed by atoms with E-state index >= 15 is 0 Å². The molecule has 2 rings (SSSR count). The second-order valence-electron chi connectivity index (χ2n) is 6.98. The number of rotatable bonds is 4. The number of carbonyl (C=O) groups excluding carboxylic acids is 2. The topological polar surface area (TPSA) is 58.2 Å². The van der Waals surface area contributed by atoms with Crippen LogP contribution in [0, 0.1) is 17.3 Å².